The molecule has 0 bridgehead atoms. The van der Waals surface area contributed by atoms with Gasteiger partial charge in [0.2, 0.25) is 0 Å². The van der Waals surface area contributed by atoms with Crippen LogP contribution in [0.1, 0.15) is 0 Å². The lowest BCUT2D eigenvalue weighted by atomic mass is 9.98. The third kappa shape index (κ3) is 4.03. The molecule has 50 heavy (non-hydrogen) atoms. The standard InChI is InChI=1S/C46H27N3S/c1-3-11-29(12-4-1)44-45(30-13-5-2-6-14-30)48-46-38(47-44)24-21-28-19-20-31-25-32(22-23-33(31)43(28)46)49-39-17-9-7-15-34(39)36-27-42-37(26-40(36)49)35-16-8-10-18-41(35)50-42/h1-27H. The summed E-state index contributed by atoms with van der Waals surface area (Å²) in [5.74, 6) is 0. The normalized spacial score (nSPS) is 12.0. The first kappa shape index (κ1) is 27.6. The first-order valence-electron chi connectivity index (χ1n) is 16.9. The Morgan fingerprint density at radius 1 is 0.420 bits per heavy atom. The number of nitrogens with zero attached hydrogens (tertiary/aromatic N) is 3. The van der Waals surface area contributed by atoms with Crippen LogP contribution in [0.15, 0.2) is 164 Å². The molecule has 0 fully saturated rings. The third-order valence-electron chi connectivity index (χ3n) is 10.1. The van der Waals surface area contributed by atoms with E-state index in [1.807, 2.05) is 23.5 Å². The second-order valence-electron chi connectivity index (χ2n) is 13.0. The molecule has 0 radical (unpaired) electrons. The van der Waals surface area contributed by atoms with Crippen molar-refractivity contribution in [3.05, 3.63) is 164 Å². The quantitative estimate of drug-likeness (QED) is 0.178. The molecule has 0 aliphatic rings. The van der Waals surface area contributed by atoms with Gasteiger partial charge in [-0.1, -0.05) is 121 Å². The highest BCUT2D eigenvalue weighted by molar-refractivity contribution is 7.25. The predicted octanol–water partition coefficient (Wildman–Crippen LogP) is 12.7. The number of benzene rings is 8. The van der Waals surface area contributed by atoms with Crippen molar-refractivity contribution < 1.29 is 0 Å². The Hall–Kier alpha value is -6.36. The second kappa shape index (κ2) is 10.6. The first-order chi connectivity index (χ1) is 24.8. The van der Waals surface area contributed by atoms with Crippen molar-refractivity contribution in [3.8, 4) is 28.2 Å². The van der Waals surface area contributed by atoms with E-state index in [-0.39, 0.29) is 0 Å². The van der Waals surface area contributed by atoms with Gasteiger partial charge in [0.05, 0.1) is 33.5 Å². The van der Waals surface area contributed by atoms with Crippen LogP contribution in [0.25, 0.3) is 103 Å². The van der Waals surface area contributed by atoms with Crippen molar-refractivity contribution in [2.24, 2.45) is 0 Å². The van der Waals surface area contributed by atoms with Crippen molar-refractivity contribution in [3.63, 3.8) is 0 Å². The van der Waals surface area contributed by atoms with E-state index in [4.69, 9.17) is 9.97 Å². The smallest absolute Gasteiger partial charge is 0.0979 e. The van der Waals surface area contributed by atoms with Gasteiger partial charge in [0.25, 0.3) is 0 Å². The summed E-state index contributed by atoms with van der Waals surface area (Å²) in [6.45, 7) is 0. The molecule has 4 heteroatoms. The van der Waals surface area contributed by atoms with Gasteiger partial charge in [-0.05, 0) is 58.6 Å². The maximum Gasteiger partial charge on any atom is 0.0979 e. The van der Waals surface area contributed by atoms with Crippen LogP contribution in [0.4, 0.5) is 0 Å². The second-order valence-corrected chi connectivity index (χ2v) is 14.1. The van der Waals surface area contributed by atoms with Gasteiger partial charge < -0.3 is 4.57 Å². The average molecular weight is 654 g/mol. The van der Waals surface area contributed by atoms with Crippen molar-refractivity contribution in [1.29, 1.82) is 0 Å². The minimum absolute atomic E-state index is 0.891. The molecule has 3 aromatic heterocycles. The lowest BCUT2D eigenvalue weighted by Crippen LogP contribution is -1.97. The fraction of sp³-hybridized carbons (Fsp3) is 0. The number of aromatic nitrogens is 3. The van der Waals surface area contributed by atoms with Crippen molar-refractivity contribution in [2.75, 3.05) is 0 Å². The monoisotopic (exact) mass is 653 g/mol. The largest absolute Gasteiger partial charge is 0.309 e. The Kier molecular flexibility index (Phi) is 5.83. The fourth-order valence-corrected chi connectivity index (χ4v) is 8.98. The number of hydrogen-bond donors (Lipinski definition) is 0. The SMILES string of the molecule is c1ccc(-c2nc3ccc4ccc5cc(-n6c7ccccc7c7cc8sc9ccccc9c8cc76)ccc5c4c3nc2-c2ccccc2)cc1. The molecule has 0 aliphatic heterocycles. The van der Waals surface area contributed by atoms with Crippen LogP contribution in [-0.2, 0) is 0 Å². The summed E-state index contributed by atoms with van der Waals surface area (Å²) >= 11 is 1.87. The Morgan fingerprint density at radius 2 is 1.10 bits per heavy atom. The predicted molar refractivity (Wildman–Crippen MR) is 213 cm³/mol. The van der Waals surface area contributed by atoms with Gasteiger partial charge in [-0.15, -0.1) is 11.3 Å². The molecule has 0 saturated carbocycles. The fourth-order valence-electron chi connectivity index (χ4n) is 7.85. The van der Waals surface area contributed by atoms with Gasteiger partial charge >= 0.3 is 0 Å². The minimum Gasteiger partial charge on any atom is -0.309 e. The zero-order valence-corrected chi connectivity index (χ0v) is 27.7. The van der Waals surface area contributed by atoms with E-state index in [1.165, 1.54) is 52.8 Å². The molecule has 0 spiro atoms. The van der Waals surface area contributed by atoms with Crippen LogP contribution in [0.5, 0.6) is 0 Å². The molecule has 232 valence electrons. The van der Waals surface area contributed by atoms with E-state index in [0.717, 1.165) is 50.0 Å². The third-order valence-corrected chi connectivity index (χ3v) is 11.3. The van der Waals surface area contributed by atoms with Crippen LogP contribution in [0.3, 0.4) is 0 Å². The summed E-state index contributed by atoms with van der Waals surface area (Å²) in [4.78, 5) is 10.7. The van der Waals surface area contributed by atoms with E-state index >= 15 is 0 Å². The molecule has 0 aliphatic carbocycles. The Bertz CT molecular complexity index is 3140. The summed E-state index contributed by atoms with van der Waals surface area (Å²) in [6.07, 6.45) is 0. The van der Waals surface area contributed by atoms with Crippen molar-refractivity contribution >= 4 is 85.9 Å². The van der Waals surface area contributed by atoms with Crippen LogP contribution < -0.4 is 0 Å². The highest BCUT2D eigenvalue weighted by Crippen LogP contribution is 2.42. The topological polar surface area (TPSA) is 30.7 Å². The summed E-state index contributed by atoms with van der Waals surface area (Å²) < 4.78 is 5.08. The van der Waals surface area contributed by atoms with Crippen LogP contribution in [0, 0.1) is 0 Å². The molecule has 0 saturated heterocycles. The molecule has 11 rings (SSSR count). The van der Waals surface area contributed by atoms with Gasteiger partial charge in [0.15, 0.2) is 0 Å². The average Bonchev–Trinajstić information content (AvgIpc) is 3.71. The maximum atomic E-state index is 5.44. The summed E-state index contributed by atoms with van der Waals surface area (Å²) in [6, 6.07) is 58.7. The molecular weight excluding hydrogens is 627 g/mol. The number of thiophene rings is 1. The van der Waals surface area contributed by atoms with Crippen molar-refractivity contribution in [1.82, 2.24) is 14.5 Å². The van der Waals surface area contributed by atoms with Crippen LogP contribution in [-0.4, -0.2) is 14.5 Å². The molecule has 11 aromatic rings. The highest BCUT2D eigenvalue weighted by Gasteiger charge is 2.18. The van der Waals surface area contributed by atoms with E-state index < -0.39 is 0 Å². The zero-order chi connectivity index (χ0) is 32.8. The van der Waals surface area contributed by atoms with Gasteiger partial charge in [0, 0.05) is 53.1 Å². The van der Waals surface area contributed by atoms with Gasteiger partial charge in [-0.2, -0.15) is 0 Å². The molecule has 0 amide bonds. The van der Waals surface area contributed by atoms with Crippen molar-refractivity contribution in [2.45, 2.75) is 0 Å². The number of fused-ring (bicyclic) bond motifs is 11. The summed E-state index contributed by atoms with van der Waals surface area (Å²) in [5, 5.41) is 9.80. The molecule has 0 atom stereocenters. The van der Waals surface area contributed by atoms with Gasteiger partial charge in [0.1, 0.15) is 0 Å². The summed E-state index contributed by atoms with van der Waals surface area (Å²) in [5.41, 5.74) is 9.28. The lowest BCUT2D eigenvalue weighted by molar-refractivity contribution is 1.19. The van der Waals surface area contributed by atoms with E-state index in [9.17, 15) is 0 Å². The number of hydrogen-bond acceptors (Lipinski definition) is 3. The maximum absolute atomic E-state index is 5.44. The van der Waals surface area contributed by atoms with Crippen LogP contribution in [0.2, 0.25) is 0 Å². The molecule has 0 N–H and O–H groups in total. The Balaban J connectivity index is 1.18. The van der Waals surface area contributed by atoms with E-state index in [2.05, 4.69) is 156 Å². The minimum atomic E-state index is 0.891. The van der Waals surface area contributed by atoms with E-state index in [1.54, 1.807) is 0 Å². The molecule has 3 heterocycles. The molecule has 0 unspecified atom stereocenters. The molecular formula is C46H27N3S. The molecule has 8 aromatic carbocycles. The van der Waals surface area contributed by atoms with Gasteiger partial charge in [-0.25, -0.2) is 9.97 Å². The molecule has 3 nitrogen and oxygen atoms in total. The highest BCUT2D eigenvalue weighted by atomic mass is 32.1. The summed E-state index contributed by atoms with van der Waals surface area (Å²) in [7, 11) is 0. The van der Waals surface area contributed by atoms with E-state index in [0.29, 0.717) is 0 Å². The van der Waals surface area contributed by atoms with Gasteiger partial charge in [-0.3, -0.25) is 0 Å². The van der Waals surface area contributed by atoms with Crippen LogP contribution >= 0.6 is 11.3 Å². The zero-order valence-electron chi connectivity index (χ0n) is 26.8. The Labute approximate surface area is 291 Å². The lowest BCUT2D eigenvalue weighted by Gasteiger charge is -2.14. The number of rotatable bonds is 3. The first-order valence-corrected chi connectivity index (χ1v) is 17.7. The number of para-hydroxylation sites is 1. The Morgan fingerprint density at radius 3 is 1.92 bits per heavy atom.